The van der Waals surface area contributed by atoms with Crippen LogP contribution in [-0.4, -0.2) is 23.8 Å². The molecule has 0 radical (unpaired) electrons. The van der Waals surface area contributed by atoms with Gasteiger partial charge in [-0.05, 0) is 36.0 Å². The first-order valence-corrected chi connectivity index (χ1v) is 8.08. The Hall–Kier alpha value is -1.48. The normalized spacial score (nSPS) is 41.3. The summed E-state index contributed by atoms with van der Waals surface area (Å²) in [5.41, 5.74) is 1.48. The minimum absolute atomic E-state index is 0.0230. The number of allylic oxidation sites excluding steroid dienone is 4. The molecule has 3 unspecified atom stereocenters. The molecule has 118 valence electrons. The third-order valence-corrected chi connectivity index (χ3v) is 5.00. The molecular formula is C19H24O3. The maximum atomic E-state index is 12.6. The molecule has 0 aromatic rings. The molecule has 2 aliphatic carbocycles. The summed E-state index contributed by atoms with van der Waals surface area (Å²) in [6, 6.07) is 0. The van der Waals surface area contributed by atoms with Gasteiger partial charge >= 0.3 is 0 Å². The summed E-state index contributed by atoms with van der Waals surface area (Å²) in [5, 5.41) is 0. The second kappa shape index (κ2) is 5.31. The first kappa shape index (κ1) is 15.4. The summed E-state index contributed by atoms with van der Waals surface area (Å²) in [4.78, 5) is 24.9. The molecule has 1 fully saturated rings. The molecular weight excluding hydrogens is 276 g/mol. The lowest BCUT2D eigenvalue weighted by atomic mass is 9.79. The van der Waals surface area contributed by atoms with E-state index in [2.05, 4.69) is 26.8 Å². The Morgan fingerprint density at radius 3 is 2.73 bits per heavy atom. The summed E-state index contributed by atoms with van der Waals surface area (Å²) >= 11 is 0. The van der Waals surface area contributed by atoms with Gasteiger partial charge in [-0.2, -0.15) is 0 Å². The second-order valence-corrected chi connectivity index (χ2v) is 7.61. The van der Waals surface area contributed by atoms with Crippen LogP contribution < -0.4 is 0 Å². The van der Waals surface area contributed by atoms with E-state index in [0.29, 0.717) is 12.0 Å². The number of carbonyl (C=O) groups excluding carboxylic acids is 2. The van der Waals surface area contributed by atoms with E-state index in [1.165, 1.54) is 0 Å². The molecule has 0 N–H and O–H groups in total. The number of carbonyl (C=O) groups is 2. The molecule has 1 saturated heterocycles. The van der Waals surface area contributed by atoms with Crippen LogP contribution in [0, 0.1) is 17.3 Å². The average Bonchev–Trinajstić information content (AvgIpc) is 2.71. The van der Waals surface area contributed by atoms with E-state index < -0.39 is 0 Å². The van der Waals surface area contributed by atoms with E-state index in [9.17, 15) is 9.59 Å². The third-order valence-electron chi connectivity index (χ3n) is 5.00. The summed E-state index contributed by atoms with van der Waals surface area (Å²) < 4.78 is 6.27. The summed E-state index contributed by atoms with van der Waals surface area (Å²) in [5.74, 6) is 0.298. The highest BCUT2D eigenvalue weighted by Crippen LogP contribution is 2.42. The van der Waals surface area contributed by atoms with Gasteiger partial charge in [0.2, 0.25) is 0 Å². The van der Waals surface area contributed by atoms with E-state index in [0.717, 1.165) is 12.0 Å². The van der Waals surface area contributed by atoms with Crippen LogP contribution >= 0.6 is 0 Å². The molecule has 2 aliphatic heterocycles. The van der Waals surface area contributed by atoms with Gasteiger partial charge in [-0.3, -0.25) is 9.59 Å². The number of rotatable bonds is 0. The molecule has 4 atom stereocenters. The molecule has 0 aromatic carbocycles. The minimum atomic E-state index is -0.194. The monoisotopic (exact) mass is 300 g/mol. The summed E-state index contributed by atoms with van der Waals surface area (Å²) in [7, 11) is 0. The van der Waals surface area contributed by atoms with E-state index in [1.807, 2.05) is 19.1 Å². The molecule has 0 aromatic heterocycles. The van der Waals surface area contributed by atoms with Crippen molar-refractivity contribution in [2.24, 2.45) is 17.3 Å². The fourth-order valence-corrected chi connectivity index (χ4v) is 3.86. The van der Waals surface area contributed by atoms with E-state index >= 15 is 0 Å². The lowest BCUT2D eigenvalue weighted by molar-refractivity contribution is -0.146. The van der Waals surface area contributed by atoms with E-state index in [1.54, 1.807) is 6.08 Å². The lowest BCUT2D eigenvalue weighted by Crippen LogP contribution is -2.43. The SMILES string of the molecule is C/C1=C/C2=C[C@H](C)C3OC(CC(=O)C23)CC(C)(C)/C=C/C1=O. The first-order valence-electron chi connectivity index (χ1n) is 8.08. The topological polar surface area (TPSA) is 43.4 Å². The Balaban J connectivity index is 2.07. The molecule has 0 spiro atoms. The van der Waals surface area contributed by atoms with Gasteiger partial charge in [0.1, 0.15) is 5.78 Å². The molecule has 0 saturated carbocycles. The number of ether oxygens (including phenoxy) is 1. The van der Waals surface area contributed by atoms with Crippen LogP contribution in [0.3, 0.4) is 0 Å². The molecule has 0 amide bonds. The van der Waals surface area contributed by atoms with Crippen molar-refractivity contribution in [1.82, 2.24) is 0 Å². The van der Waals surface area contributed by atoms with Crippen molar-refractivity contribution in [2.45, 2.75) is 52.7 Å². The molecule has 3 nitrogen and oxygen atoms in total. The smallest absolute Gasteiger partial charge is 0.181 e. The first-order chi connectivity index (χ1) is 10.3. The highest BCUT2D eigenvalue weighted by atomic mass is 16.5. The fraction of sp³-hybridized carbons (Fsp3) is 0.579. The van der Waals surface area contributed by atoms with Crippen LogP contribution in [-0.2, 0) is 14.3 Å². The van der Waals surface area contributed by atoms with Gasteiger partial charge in [0.25, 0.3) is 0 Å². The molecule has 2 heterocycles. The molecule has 22 heavy (non-hydrogen) atoms. The van der Waals surface area contributed by atoms with Crippen LogP contribution in [0.4, 0.5) is 0 Å². The second-order valence-electron chi connectivity index (χ2n) is 7.61. The number of Topliss-reactive ketones (excluding diaryl/α,β-unsaturated/α-hetero) is 1. The number of fused-ring (bicyclic) bond motifs is 5. The Labute approximate surface area is 132 Å². The third kappa shape index (κ3) is 2.74. The predicted molar refractivity (Wildman–Crippen MR) is 85.3 cm³/mol. The fourth-order valence-electron chi connectivity index (χ4n) is 3.86. The van der Waals surface area contributed by atoms with Gasteiger partial charge in [-0.1, -0.05) is 39.0 Å². The van der Waals surface area contributed by atoms with Crippen molar-refractivity contribution >= 4 is 11.6 Å². The number of hydrogen-bond donors (Lipinski definition) is 0. The van der Waals surface area contributed by atoms with Crippen LogP contribution in [0.2, 0.25) is 0 Å². The number of hydrogen-bond acceptors (Lipinski definition) is 3. The minimum Gasteiger partial charge on any atom is -0.373 e. The van der Waals surface area contributed by atoms with E-state index in [-0.39, 0.29) is 41.0 Å². The largest absolute Gasteiger partial charge is 0.373 e. The maximum Gasteiger partial charge on any atom is 0.181 e. The van der Waals surface area contributed by atoms with Crippen LogP contribution in [0.25, 0.3) is 0 Å². The Kier molecular flexibility index (Phi) is 3.72. The average molecular weight is 300 g/mol. The lowest BCUT2D eigenvalue weighted by Gasteiger charge is -2.37. The van der Waals surface area contributed by atoms with Crippen molar-refractivity contribution in [3.05, 3.63) is 35.5 Å². The summed E-state index contributed by atoms with van der Waals surface area (Å²) in [6.07, 6.45) is 8.71. The Bertz CT molecular complexity index is 606. The van der Waals surface area contributed by atoms with Gasteiger partial charge in [0.15, 0.2) is 5.78 Å². The van der Waals surface area contributed by atoms with Crippen molar-refractivity contribution in [2.75, 3.05) is 0 Å². The highest BCUT2D eigenvalue weighted by Gasteiger charge is 2.45. The van der Waals surface area contributed by atoms with Gasteiger partial charge < -0.3 is 4.74 Å². The zero-order valence-corrected chi connectivity index (χ0v) is 13.8. The van der Waals surface area contributed by atoms with Crippen molar-refractivity contribution < 1.29 is 14.3 Å². The number of ketones is 2. The molecule has 4 aliphatic rings. The maximum absolute atomic E-state index is 12.6. The van der Waals surface area contributed by atoms with Crippen LogP contribution in [0.1, 0.15) is 40.5 Å². The van der Waals surface area contributed by atoms with E-state index in [4.69, 9.17) is 4.74 Å². The van der Waals surface area contributed by atoms with Gasteiger partial charge in [0.05, 0.1) is 18.1 Å². The quantitative estimate of drug-likeness (QED) is 0.688. The Morgan fingerprint density at radius 2 is 2.00 bits per heavy atom. The molecule has 4 bridgehead atoms. The van der Waals surface area contributed by atoms with Crippen molar-refractivity contribution in [3.8, 4) is 0 Å². The summed E-state index contributed by atoms with van der Waals surface area (Å²) in [6.45, 7) is 8.09. The standard InChI is InChI=1S/C19H24O3/c1-11-7-13-8-12(2)18-17(13)16(21)9-14(22-18)10-19(3,4)6-5-15(11)20/h5-8,12,14,17-18H,9-10H2,1-4H3/b6-5+,11-7-/t12-,14?,17?,18?/m0/s1. The zero-order chi connectivity index (χ0) is 16.1. The van der Waals surface area contributed by atoms with Gasteiger partial charge in [0, 0.05) is 12.3 Å². The van der Waals surface area contributed by atoms with Gasteiger partial charge in [-0.15, -0.1) is 0 Å². The highest BCUT2D eigenvalue weighted by molar-refractivity contribution is 6.04. The van der Waals surface area contributed by atoms with Crippen molar-refractivity contribution in [1.29, 1.82) is 0 Å². The van der Waals surface area contributed by atoms with Crippen LogP contribution in [0.5, 0.6) is 0 Å². The Morgan fingerprint density at radius 1 is 1.27 bits per heavy atom. The molecule has 3 heteroatoms. The zero-order valence-electron chi connectivity index (χ0n) is 13.8. The molecule has 4 rings (SSSR count). The van der Waals surface area contributed by atoms with Gasteiger partial charge in [-0.25, -0.2) is 0 Å². The van der Waals surface area contributed by atoms with Crippen molar-refractivity contribution in [3.63, 3.8) is 0 Å². The predicted octanol–water partition coefficient (Wildman–Crippen LogP) is 3.41. The van der Waals surface area contributed by atoms with Crippen LogP contribution in [0.15, 0.2) is 35.5 Å².